The molecule has 6 heteroatoms. The number of aryl methyl sites for hydroxylation is 1. The van der Waals surface area contributed by atoms with Crippen LogP contribution in [0.2, 0.25) is 0 Å². The first-order valence-corrected chi connectivity index (χ1v) is 8.37. The summed E-state index contributed by atoms with van der Waals surface area (Å²) in [5.41, 5.74) is 7.54. The third-order valence-electron chi connectivity index (χ3n) is 4.05. The van der Waals surface area contributed by atoms with E-state index < -0.39 is 4.92 Å². The predicted molar refractivity (Wildman–Crippen MR) is 97.3 cm³/mol. The van der Waals surface area contributed by atoms with Crippen LogP contribution in [0, 0.1) is 10.1 Å². The fourth-order valence-corrected chi connectivity index (χ4v) is 2.69. The largest absolute Gasteiger partial charge is 0.334 e. The van der Waals surface area contributed by atoms with Gasteiger partial charge in [0, 0.05) is 30.3 Å². The Morgan fingerprint density at radius 2 is 1.92 bits per heavy atom. The molecule has 132 valence electrons. The molecule has 0 saturated carbocycles. The van der Waals surface area contributed by atoms with E-state index in [-0.39, 0.29) is 11.6 Å². The van der Waals surface area contributed by atoms with Gasteiger partial charge >= 0.3 is 0 Å². The van der Waals surface area contributed by atoms with E-state index in [1.165, 1.54) is 6.07 Å². The summed E-state index contributed by atoms with van der Waals surface area (Å²) in [6, 6.07) is 14.4. The first-order chi connectivity index (χ1) is 12.1. The molecule has 0 bridgehead atoms. The summed E-state index contributed by atoms with van der Waals surface area (Å²) >= 11 is 0. The van der Waals surface area contributed by atoms with E-state index in [1.54, 1.807) is 17.0 Å². The first-order valence-electron chi connectivity index (χ1n) is 8.37. The highest BCUT2D eigenvalue weighted by atomic mass is 16.6. The average Bonchev–Trinajstić information content (AvgIpc) is 2.64. The third-order valence-corrected chi connectivity index (χ3v) is 4.05. The van der Waals surface area contributed by atoms with Crippen molar-refractivity contribution in [2.45, 2.75) is 26.3 Å². The molecule has 0 fully saturated rings. The van der Waals surface area contributed by atoms with Crippen molar-refractivity contribution < 1.29 is 9.72 Å². The van der Waals surface area contributed by atoms with Crippen LogP contribution >= 0.6 is 0 Å². The summed E-state index contributed by atoms with van der Waals surface area (Å²) in [5.74, 6) is -0.219. The standard InChI is InChI=1S/C19H23N3O3/c1-2-16-9-10-17(13-18(16)22(24)25)19(23)21(12-6-11-20)14-15-7-4-3-5-8-15/h3-5,7-10,13H,2,6,11-12,14,20H2,1H3. The maximum absolute atomic E-state index is 12.9. The molecule has 0 aliphatic carbocycles. The molecule has 0 atom stereocenters. The zero-order valence-corrected chi connectivity index (χ0v) is 14.4. The normalized spacial score (nSPS) is 10.5. The molecular weight excluding hydrogens is 318 g/mol. The number of hydrogen-bond acceptors (Lipinski definition) is 4. The van der Waals surface area contributed by atoms with Crippen molar-refractivity contribution in [2.24, 2.45) is 5.73 Å². The Hall–Kier alpha value is -2.73. The van der Waals surface area contributed by atoms with Gasteiger partial charge < -0.3 is 10.6 Å². The molecular formula is C19H23N3O3. The van der Waals surface area contributed by atoms with Gasteiger partial charge in [-0.1, -0.05) is 43.3 Å². The summed E-state index contributed by atoms with van der Waals surface area (Å²) in [6.07, 6.45) is 1.22. The van der Waals surface area contributed by atoms with Gasteiger partial charge in [0.05, 0.1) is 4.92 Å². The molecule has 0 aliphatic rings. The van der Waals surface area contributed by atoms with Crippen LogP contribution in [0.5, 0.6) is 0 Å². The van der Waals surface area contributed by atoms with Gasteiger partial charge in [0.25, 0.3) is 11.6 Å². The van der Waals surface area contributed by atoms with E-state index in [0.717, 1.165) is 5.56 Å². The minimum atomic E-state index is -0.434. The van der Waals surface area contributed by atoms with Crippen LogP contribution in [0.15, 0.2) is 48.5 Å². The second-order valence-corrected chi connectivity index (χ2v) is 5.81. The summed E-state index contributed by atoms with van der Waals surface area (Å²) in [4.78, 5) is 25.4. The van der Waals surface area contributed by atoms with E-state index in [9.17, 15) is 14.9 Å². The van der Waals surface area contributed by atoms with Crippen molar-refractivity contribution in [1.82, 2.24) is 4.90 Å². The zero-order valence-electron chi connectivity index (χ0n) is 14.4. The molecule has 0 aliphatic heterocycles. The third kappa shape index (κ3) is 4.87. The van der Waals surface area contributed by atoms with Crippen LogP contribution in [0.4, 0.5) is 5.69 Å². The Bertz CT molecular complexity index is 732. The lowest BCUT2D eigenvalue weighted by Crippen LogP contribution is -2.32. The van der Waals surface area contributed by atoms with Crippen molar-refractivity contribution in [3.05, 3.63) is 75.3 Å². The molecule has 0 heterocycles. The van der Waals surface area contributed by atoms with Crippen molar-refractivity contribution in [3.63, 3.8) is 0 Å². The van der Waals surface area contributed by atoms with Gasteiger partial charge in [-0.2, -0.15) is 0 Å². The van der Waals surface area contributed by atoms with Crippen LogP contribution in [-0.2, 0) is 13.0 Å². The number of benzene rings is 2. The number of nitrogens with zero attached hydrogens (tertiary/aromatic N) is 2. The van der Waals surface area contributed by atoms with Gasteiger partial charge in [-0.15, -0.1) is 0 Å². The van der Waals surface area contributed by atoms with Gasteiger partial charge in [0.15, 0.2) is 0 Å². The van der Waals surface area contributed by atoms with Gasteiger partial charge in [0.1, 0.15) is 0 Å². The summed E-state index contributed by atoms with van der Waals surface area (Å²) < 4.78 is 0. The van der Waals surface area contributed by atoms with Crippen LogP contribution in [-0.4, -0.2) is 28.8 Å². The molecule has 6 nitrogen and oxygen atoms in total. The Balaban J connectivity index is 2.29. The topological polar surface area (TPSA) is 89.5 Å². The Labute approximate surface area is 147 Å². The van der Waals surface area contributed by atoms with Crippen LogP contribution in [0.3, 0.4) is 0 Å². The Morgan fingerprint density at radius 3 is 2.52 bits per heavy atom. The van der Waals surface area contributed by atoms with Crippen molar-refractivity contribution >= 4 is 11.6 Å². The number of nitro benzene ring substituents is 1. The van der Waals surface area contributed by atoms with E-state index >= 15 is 0 Å². The van der Waals surface area contributed by atoms with Crippen LogP contribution < -0.4 is 5.73 Å². The zero-order chi connectivity index (χ0) is 18.2. The fourth-order valence-electron chi connectivity index (χ4n) is 2.69. The lowest BCUT2D eigenvalue weighted by atomic mass is 10.1. The van der Waals surface area contributed by atoms with E-state index in [0.29, 0.717) is 43.6 Å². The predicted octanol–water partition coefficient (Wildman–Crippen LogP) is 3.15. The smallest absolute Gasteiger partial charge is 0.273 e. The monoisotopic (exact) mass is 341 g/mol. The average molecular weight is 341 g/mol. The molecule has 0 unspecified atom stereocenters. The maximum Gasteiger partial charge on any atom is 0.273 e. The van der Waals surface area contributed by atoms with Gasteiger partial charge in [-0.25, -0.2) is 0 Å². The second kappa shape index (κ2) is 8.94. The van der Waals surface area contributed by atoms with Crippen molar-refractivity contribution in [2.75, 3.05) is 13.1 Å². The van der Waals surface area contributed by atoms with E-state index in [1.807, 2.05) is 37.3 Å². The lowest BCUT2D eigenvalue weighted by Gasteiger charge is -2.23. The number of nitrogens with two attached hydrogens (primary N) is 1. The number of carbonyl (C=O) groups excluding carboxylic acids is 1. The number of hydrogen-bond donors (Lipinski definition) is 1. The molecule has 0 aromatic heterocycles. The van der Waals surface area contributed by atoms with E-state index in [2.05, 4.69) is 0 Å². The Morgan fingerprint density at radius 1 is 1.20 bits per heavy atom. The second-order valence-electron chi connectivity index (χ2n) is 5.81. The molecule has 1 amide bonds. The SMILES string of the molecule is CCc1ccc(C(=O)N(CCCN)Cc2ccccc2)cc1[N+](=O)[O-]. The van der Waals surface area contributed by atoms with Gasteiger partial charge in [0.2, 0.25) is 0 Å². The molecule has 0 spiro atoms. The summed E-state index contributed by atoms with van der Waals surface area (Å²) in [5, 5.41) is 11.3. The maximum atomic E-state index is 12.9. The molecule has 2 rings (SSSR count). The molecule has 0 saturated heterocycles. The highest BCUT2D eigenvalue weighted by Crippen LogP contribution is 2.22. The van der Waals surface area contributed by atoms with Gasteiger partial charge in [-0.05, 0) is 31.0 Å². The number of amides is 1. The molecule has 0 radical (unpaired) electrons. The van der Waals surface area contributed by atoms with Crippen LogP contribution in [0.1, 0.15) is 34.8 Å². The first kappa shape index (κ1) is 18.6. The molecule has 25 heavy (non-hydrogen) atoms. The number of carbonyl (C=O) groups is 1. The van der Waals surface area contributed by atoms with Crippen LogP contribution in [0.25, 0.3) is 0 Å². The highest BCUT2D eigenvalue weighted by molar-refractivity contribution is 5.95. The number of rotatable bonds is 8. The summed E-state index contributed by atoms with van der Waals surface area (Å²) in [6.45, 7) is 3.29. The van der Waals surface area contributed by atoms with Crippen molar-refractivity contribution in [3.8, 4) is 0 Å². The molecule has 2 N–H and O–H groups in total. The minimum absolute atomic E-state index is 0.00756. The van der Waals surface area contributed by atoms with Crippen molar-refractivity contribution in [1.29, 1.82) is 0 Å². The fraction of sp³-hybridized carbons (Fsp3) is 0.316. The molecule has 2 aromatic rings. The minimum Gasteiger partial charge on any atom is -0.334 e. The Kier molecular flexibility index (Phi) is 6.65. The van der Waals surface area contributed by atoms with Gasteiger partial charge in [-0.3, -0.25) is 14.9 Å². The molecule has 2 aromatic carbocycles. The number of nitro groups is 1. The lowest BCUT2D eigenvalue weighted by molar-refractivity contribution is -0.385. The van der Waals surface area contributed by atoms with E-state index in [4.69, 9.17) is 5.73 Å². The highest BCUT2D eigenvalue weighted by Gasteiger charge is 2.20. The quantitative estimate of drug-likeness (QED) is 0.590. The summed E-state index contributed by atoms with van der Waals surface area (Å²) in [7, 11) is 0.